The predicted molar refractivity (Wildman–Crippen MR) is 122 cm³/mol. The van der Waals surface area contributed by atoms with Gasteiger partial charge in [-0.15, -0.1) is 0 Å². The number of anilines is 2. The second-order valence-electron chi connectivity index (χ2n) is 9.15. The van der Waals surface area contributed by atoms with Gasteiger partial charge in [0, 0.05) is 65.5 Å². The zero-order valence-corrected chi connectivity index (χ0v) is 19.7. The molecular formula is C22H35N7O3. The summed E-state index contributed by atoms with van der Waals surface area (Å²) in [6, 6.07) is 3.91. The Morgan fingerprint density at radius 1 is 1.06 bits per heavy atom. The number of carbonyl (C=O) groups excluding carboxylic acids is 1. The minimum Gasteiger partial charge on any atom is -0.444 e. The smallest absolute Gasteiger partial charge is 0.410 e. The molecule has 0 unspecified atom stereocenters. The van der Waals surface area contributed by atoms with Crippen molar-refractivity contribution < 1.29 is 14.3 Å². The monoisotopic (exact) mass is 445 g/mol. The van der Waals surface area contributed by atoms with Crippen LogP contribution < -0.4 is 9.80 Å². The minimum absolute atomic E-state index is 0.291. The Morgan fingerprint density at radius 2 is 1.78 bits per heavy atom. The van der Waals surface area contributed by atoms with Crippen molar-refractivity contribution in [1.29, 1.82) is 5.26 Å². The summed E-state index contributed by atoms with van der Waals surface area (Å²) in [7, 11) is 1.72. The van der Waals surface area contributed by atoms with Crippen LogP contribution in [0.4, 0.5) is 16.6 Å². The van der Waals surface area contributed by atoms with Crippen LogP contribution in [0.1, 0.15) is 32.9 Å². The highest BCUT2D eigenvalue weighted by Gasteiger charge is 2.27. The molecule has 2 saturated heterocycles. The number of carbonyl (C=O) groups is 1. The van der Waals surface area contributed by atoms with Crippen LogP contribution in [0.5, 0.6) is 0 Å². The number of ether oxygens (including phenoxy) is 2. The first-order chi connectivity index (χ1) is 15.3. The molecule has 3 rings (SSSR count). The maximum atomic E-state index is 12.3. The third kappa shape index (κ3) is 6.68. The van der Waals surface area contributed by atoms with Gasteiger partial charge in [0.05, 0.1) is 6.61 Å². The summed E-state index contributed by atoms with van der Waals surface area (Å²) in [5.41, 5.74) is -0.149. The van der Waals surface area contributed by atoms with Gasteiger partial charge < -0.3 is 24.2 Å². The average molecular weight is 446 g/mol. The molecule has 2 aliphatic heterocycles. The topological polar surface area (TPSA) is 98.1 Å². The first-order valence-electron chi connectivity index (χ1n) is 11.3. The third-order valence-corrected chi connectivity index (χ3v) is 5.55. The van der Waals surface area contributed by atoms with Gasteiger partial charge in [0.2, 0.25) is 5.95 Å². The number of amides is 1. The normalized spacial score (nSPS) is 18.3. The lowest BCUT2D eigenvalue weighted by molar-refractivity contribution is 0.0240. The Morgan fingerprint density at radius 3 is 2.44 bits per heavy atom. The highest BCUT2D eigenvalue weighted by Crippen LogP contribution is 2.21. The lowest BCUT2D eigenvalue weighted by atomic mass is 10.2. The molecule has 0 spiro atoms. The number of nitrogens with zero attached hydrogens (tertiary/aromatic N) is 7. The molecule has 176 valence electrons. The Balaban J connectivity index is 1.66. The Kier molecular flexibility index (Phi) is 8.10. The SMILES string of the molecule is COCCN1CCCN(c2nc(C#N)cc(N3CCN(C(=O)OC(C)(C)C)CC3)n2)CC1. The summed E-state index contributed by atoms with van der Waals surface area (Å²) in [4.78, 5) is 30.0. The zero-order valence-electron chi connectivity index (χ0n) is 19.7. The van der Waals surface area contributed by atoms with Crippen molar-refractivity contribution in [3.8, 4) is 6.07 Å². The van der Waals surface area contributed by atoms with Gasteiger partial charge in [0.15, 0.2) is 0 Å². The minimum atomic E-state index is -0.510. The van der Waals surface area contributed by atoms with Crippen LogP contribution in [-0.2, 0) is 9.47 Å². The van der Waals surface area contributed by atoms with E-state index in [4.69, 9.17) is 14.5 Å². The van der Waals surface area contributed by atoms with Crippen LogP contribution in [0.2, 0.25) is 0 Å². The molecule has 0 N–H and O–H groups in total. The first-order valence-corrected chi connectivity index (χ1v) is 11.3. The molecule has 10 heteroatoms. The molecule has 32 heavy (non-hydrogen) atoms. The molecule has 0 radical (unpaired) electrons. The second kappa shape index (κ2) is 10.8. The van der Waals surface area contributed by atoms with Gasteiger partial charge in [-0.1, -0.05) is 0 Å². The van der Waals surface area contributed by atoms with Gasteiger partial charge >= 0.3 is 6.09 Å². The summed E-state index contributed by atoms with van der Waals surface area (Å²) in [6.07, 6.45) is 0.717. The van der Waals surface area contributed by atoms with Crippen molar-refractivity contribution in [3.63, 3.8) is 0 Å². The van der Waals surface area contributed by atoms with Crippen LogP contribution in [0.25, 0.3) is 0 Å². The van der Waals surface area contributed by atoms with E-state index in [-0.39, 0.29) is 6.09 Å². The summed E-state index contributed by atoms with van der Waals surface area (Å²) >= 11 is 0. The summed E-state index contributed by atoms with van der Waals surface area (Å²) in [5.74, 6) is 1.33. The number of hydrogen-bond acceptors (Lipinski definition) is 9. The highest BCUT2D eigenvalue weighted by atomic mass is 16.6. The van der Waals surface area contributed by atoms with Crippen LogP contribution in [-0.4, -0.2) is 104 Å². The van der Waals surface area contributed by atoms with E-state index >= 15 is 0 Å². The Bertz CT molecular complexity index is 813. The van der Waals surface area contributed by atoms with E-state index < -0.39 is 5.60 Å². The molecule has 10 nitrogen and oxygen atoms in total. The molecule has 0 aromatic carbocycles. The predicted octanol–water partition coefficient (Wildman–Crippen LogP) is 1.56. The number of aromatic nitrogens is 2. The number of methoxy groups -OCH3 is 1. The van der Waals surface area contributed by atoms with Crippen LogP contribution >= 0.6 is 0 Å². The first kappa shape index (κ1) is 24.0. The number of hydrogen-bond donors (Lipinski definition) is 0. The van der Waals surface area contributed by atoms with E-state index in [1.807, 2.05) is 20.8 Å². The van der Waals surface area contributed by atoms with E-state index in [9.17, 15) is 10.1 Å². The lowest BCUT2D eigenvalue weighted by Crippen LogP contribution is -2.50. The molecular weight excluding hydrogens is 410 g/mol. The van der Waals surface area contributed by atoms with Crippen molar-refractivity contribution in [3.05, 3.63) is 11.8 Å². The Labute approximate surface area is 190 Å². The van der Waals surface area contributed by atoms with Crippen molar-refractivity contribution in [2.24, 2.45) is 0 Å². The van der Waals surface area contributed by atoms with Crippen molar-refractivity contribution in [2.45, 2.75) is 32.8 Å². The molecule has 0 aliphatic carbocycles. The quantitative estimate of drug-likeness (QED) is 0.669. The molecule has 0 saturated carbocycles. The van der Waals surface area contributed by atoms with E-state index in [1.165, 1.54) is 0 Å². The molecule has 1 aromatic rings. The maximum absolute atomic E-state index is 12.3. The third-order valence-electron chi connectivity index (χ3n) is 5.55. The average Bonchev–Trinajstić information content (AvgIpc) is 3.02. The summed E-state index contributed by atoms with van der Waals surface area (Å²) in [5, 5.41) is 9.53. The largest absolute Gasteiger partial charge is 0.444 e. The number of piperazine rings is 1. The molecule has 1 aromatic heterocycles. The fourth-order valence-corrected chi connectivity index (χ4v) is 3.84. The second-order valence-corrected chi connectivity index (χ2v) is 9.15. The standard InChI is InChI=1S/C22H35N7O3/c1-22(2,3)32-21(30)29-12-10-27(11-13-29)19-16-18(17-23)24-20(25-19)28-7-5-6-26(8-9-28)14-15-31-4/h16H,5-15H2,1-4H3. The summed E-state index contributed by atoms with van der Waals surface area (Å²) < 4.78 is 10.7. The van der Waals surface area contributed by atoms with E-state index in [2.05, 4.69) is 25.8 Å². The van der Waals surface area contributed by atoms with Crippen molar-refractivity contribution in [2.75, 3.05) is 82.4 Å². The van der Waals surface area contributed by atoms with Crippen LogP contribution in [0, 0.1) is 11.3 Å². The Hall–Kier alpha value is -2.64. The van der Waals surface area contributed by atoms with Crippen molar-refractivity contribution >= 4 is 17.9 Å². The molecule has 3 heterocycles. The highest BCUT2D eigenvalue weighted by molar-refractivity contribution is 5.68. The van der Waals surface area contributed by atoms with E-state index in [0.29, 0.717) is 37.8 Å². The van der Waals surface area contributed by atoms with Gasteiger partial charge in [0.25, 0.3) is 0 Å². The van der Waals surface area contributed by atoms with Crippen LogP contribution in [0.15, 0.2) is 6.07 Å². The fourth-order valence-electron chi connectivity index (χ4n) is 3.84. The molecule has 2 fully saturated rings. The maximum Gasteiger partial charge on any atom is 0.410 e. The van der Waals surface area contributed by atoms with Crippen LogP contribution in [0.3, 0.4) is 0 Å². The van der Waals surface area contributed by atoms with Gasteiger partial charge in [-0.05, 0) is 33.7 Å². The molecule has 0 atom stereocenters. The fraction of sp³-hybridized carbons (Fsp3) is 0.727. The molecule has 0 bridgehead atoms. The van der Waals surface area contributed by atoms with Gasteiger partial charge in [-0.25, -0.2) is 9.78 Å². The molecule has 2 aliphatic rings. The lowest BCUT2D eigenvalue weighted by Gasteiger charge is -2.36. The van der Waals surface area contributed by atoms with Gasteiger partial charge in [-0.3, -0.25) is 4.90 Å². The molecule has 1 amide bonds. The van der Waals surface area contributed by atoms with Gasteiger partial charge in [0.1, 0.15) is 23.2 Å². The van der Waals surface area contributed by atoms with E-state index in [1.54, 1.807) is 18.1 Å². The van der Waals surface area contributed by atoms with Crippen molar-refractivity contribution in [1.82, 2.24) is 19.8 Å². The zero-order chi connectivity index (χ0) is 23.1. The van der Waals surface area contributed by atoms with E-state index in [0.717, 1.165) is 51.6 Å². The number of nitriles is 1. The van der Waals surface area contributed by atoms with Gasteiger partial charge in [-0.2, -0.15) is 10.2 Å². The summed E-state index contributed by atoms with van der Waals surface area (Å²) in [6.45, 7) is 13.2. The number of rotatable bonds is 5.